The van der Waals surface area contributed by atoms with E-state index in [4.69, 9.17) is 4.74 Å². The highest BCUT2D eigenvalue weighted by atomic mass is 32.1. The summed E-state index contributed by atoms with van der Waals surface area (Å²) in [5.74, 6) is 0.628. The zero-order valence-electron chi connectivity index (χ0n) is 15.1. The lowest BCUT2D eigenvalue weighted by Gasteiger charge is -2.14. The number of aromatic nitrogens is 2. The van der Waals surface area contributed by atoms with E-state index in [1.807, 2.05) is 23.6 Å². The first-order valence-electron chi connectivity index (χ1n) is 8.64. The summed E-state index contributed by atoms with van der Waals surface area (Å²) in [5.41, 5.74) is 3.38. The van der Waals surface area contributed by atoms with E-state index in [-0.39, 0.29) is 5.56 Å². The van der Waals surface area contributed by atoms with E-state index in [1.54, 1.807) is 53.8 Å². The molecule has 0 aliphatic carbocycles. The molecular weight excluding hydrogens is 374 g/mol. The van der Waals surface area contributed by atoms with Gasteiger partial charge in [0.25, 0.3) is 11.5 Å². The molecule has 0 aliphatic rings. The fraction of sp³-hybridized carbons (Fsp3) is 0.0952. The molecule has 0 saturated heterocycles. The molecule has 7 heteroatoms. The number of hydrogen-bond acceptors (Lipinski definition) is 5. The lowest BCUT2D eigenvalue weighted by atomic mass is 10.2. The lowest BCUT2D eigenvalue weighted by Crippen LogP contribution is -2.36. The summed E-state index contributed by atoms with van der Waals surface area (Å²) in [6.45, 7) is 0. The average molecular weight is 391 g/mol. The Hall–Kier alpha value is -3.45. The van der Waals surface area contributed by atoms with E-state index in [0.717, 1.165) is 4.88 Å². The second-order valence-corrected chi connectivity index (χ2v) is 7.15. The van der Waals surface area contributed by atoms with E-state index < -0.39 is 5.91 Å². The van der Waals surface area contributed by atoms with Crippen LogP contribution in [-0.4, -0.2) is 22.7 Å². The molecule has 0 saturated carbocycles. The predicted molar refractivity (Wildman–Crippen MR) is 110 cm³/mol. The third-order valence-corrected chi connectivity index (χ3v) is 5.18. The summed E-state index contributed by atoms with van der Waals surface area (Å²) in [5, 5.41) is 2.41. The first-order valence-corrected chi connectivity index (χ1v) is 9.52. The molecule has 28 heavy (non-hydrogen) atoms. The van der Waals surface area contributed by atoms with Crippen molar-refractivity contribution in [2.24, 2.45) is 0 Å². The van der Waals surface area contributed by atoms with Gasteiger partial charge in [-0.3, -0.25) is 15.0 Å². The predicted octanol–water partition coefficient (Wildman–Crippen LogP) is 3.44. The van der Waals surface area contributed by atoms with Crippen LogP contribution in [0.2, 0.25) is 0 Å². The Morgan fingerprint density at radius 2 is 2.00 bits per heavy atom. The molecule has 4 rings (SSSR count). The molecule has 2 aromatic heterocycles. The van der Waals surface area contributed by atoms with Gasteiger partial charge in [-0.2, -0.15) is 0 Å². The molecule has 1 amide bonds. The van der Waals surface area contributed by atoms with Gasteiger partial charge in [0, 0.05) is 16.9 Å². The molecule has 0 aliphatic heterocycles. The summed E-state index contributed by atoms with van der Waals surface area (Å²) in [6, 6.07) is 17.8. The average Bonchev–Trinajstić information content (AvgIpc) is 3.24. The molecule has 0 spiro atoms. The van der Waals surface area contributed by atoms with Crippen LogP contribution in [-0.2, 0) is 6.42 Å². The van der Waals surface area contributed by atoms with Gasteiger partial charge in [-0.1, -0.05) is 24.3 Å². The SMILES string of the molecule is COc1cccc(C(=O)Nn2c(Cc3cccs3)nc3ccccc3c2=O)c1. The van der Waals surface area contributed by atoms with Crippen molar-refractivity contribution in [2.75, 3.05) is 12.5 Å². The van der Waals surface area contributed by atoms with Crippen LogP contribution in [0, 0.1) is 0 Å². The number of methoxy groups -OCH3 is 1. The van der Waals surface area contributed by atoms with Crippen molar-refractivity contribution in [3.63, 3.8) is 0 Å². The molecule has 2 aromatic carbocycles. The highest BCUT2D eigenvalue weighted by Gasteiger charge is 2.15. The summed E-state index contributed by atoms with van der Waals surface area (Å²) < 4.78 is 6.41. The fourth-order valence-corrected chi connectivity index (χ4v) is 3.61. The monoisotopic (exact) mass is 391 g/mol. The van der Waals surface area contributed by atoms with Gasteiger partial charge in [0.05, 0.1) is 18.0 Å². The summed E-state index contributed by atoms with van der Waals surface area (Å²) in [6.07, 6.45) is 0.441. The van der Waals surface area contributed by atoms with Crippen LogP contribution in [0.5, 0.6) is 5.75 Å². The highest BCUT2D eigenvalue weighted by molar-refractivity contribution is 7.09. The topological polar surface area (TPSA) is 73.2 Å². The molecule has 0 atom stereocenters. The van der Waals surface area contributed by atoms with Crippen LogP contribution in [0.3, 0.4) is 0 Å². The van der Waals surface area contributed by atoms with Crippen LogP contribution < -0.4 is 15.7 Å². The number of benzene rings is 2. The molecule has 0 radical (unpaired) electrons. The van der Waals surface area contributed by atoms with Crippen LogP contribution in [0.1, 0.15) is 21.1 Å². The van der Waals surface area contributed by atoms with Crippen LogP contribution in [0.25, 0.3) is 10.9 Å². The number of nitrogens with one attached hydrogen (secondary N) is 1. The van der Waals surface area contributed by atoms with Crippen molar-refractivity contribution >= 4 is 28.1 Å². The highest BCUT2D eigenvalue weighted by Crippen LogP contribution is 2.16. The number of thiophene rings is 1. The Morgan fingerprint density at radius 1 is 1.14 bits per heavy atom. The number of nitrogens with zero attached hydrogens (tertiary/aromatic N) is 2. The van der Waals surface area contributed by atoms with Crippen molar-refractivity contribution in [2.45, 2.75) is 6.42 Å². The summed E-state index contributed by atoms with van der Waals surface area (Å²) >= 11 is 1.57. The smallest absolute Gasteiger partial charge is 0.280 e. The van der Waals surface area contributed by atoms with Crippen molar-refractivity contribution < 1.29 is 9.53 Å². The number of ether oxygens (including phenoxy) is 1. The van der Waals surface area contributed by atoms with Gasteiger partial charge in [0.15, 0.2) is 0 Å². The standard InChI is InChI=1S/C21H17N3O3S/c1-27-15-7-4-6-14(12-15)20(25)23-24-19(13-16-8-5-11-28-16)22-18-10-3-2-9-17(18)21(24)26/h2-12H,13H2,1H3,(H,23,25). The number of hydrogen-bond donors (Lipinski definition) is 1. The number of carbonyl (C=O) groups excluding carboxylic acids is 1. The molecular formula is C21H17N3O3S. The van der Waals surface area contributed by atoms with Gasteiger partial charge in [-0.25, -0.2) is 9.66 Å². The number of rotatable bonds is 5. The maximum Gasteiger partial charge on any atom is 0.280 e. The lowest BCUT2D eigenvalue weighted by molar-refractivity contribution is 0.101. The van der Waals surface area contributed by atoms with E-state index in [1.165, 1.54) is 11.8 Å². The third-order valence-electron chi connectivity index (χ3n) is 4.30. The van der Waals surface area contributed by atoms with Crippen molar-refractivity contribution in [1.82, 2.24) is 9.66 Å². The molecule has 1 N–H and O–H groups in total. The Kier molecular flexibility index (Phi) is 4.90. The van der Waals surface area contributed by atoms with Gasteiger partial charge < -0.3 is 4.74 Å². The summed E-state index contributed by atoms with van der Waals surface area (Å²) in [4.78, 5) is 31.5. The maximum absolute atomic E-state index is 13.1. The van der Waals surface area contributed by atoms with Gasteiger partial charge in [-0.05, 0) is 41.8 Å². The van der Waals surface area contributed by atoms with Crippen LogP contribution in [0.15, 0.2) is 70.8 Å². The Balaban J connectivity index is 1.78. The third kappa shape index (κ3) is 3.52. The Bertz CT molecular complexity index is 1200. The zero-order valence-corrected chi connectivity index (χ0v) is 15.9. The minimum atomic E-state index is -0.412. The fourth-order valence-electron chi connectivity index (χ4n) is 2.91. The first-order chi connectivity index (χ1) is 13.7. The van der Waals surface area contributed by atoms with Gasteiger partial charge >= 0.3 is 0 Å². The van der Waals surface area contributed by atoms with E-state index in [0.29, 0.717) is 34.5 Å². The van der Waals surface area contributed by atoms with Crippen molar-refractivity contribution in [1.29, 1.82) is 0 Å². The maximum atomic E-state index is 13.1. The van der Waals surface area contributed by atoms with Crippen molar-refractivity contribution in [3.8, 4) is 5.75 Å². The van der Waals surface area contributed by atoms with Gasteiger partial charge in [0.1, 0.15) is 11.6 Å². The first kappa shape index (κ1) is 17.9. The van der Waals surface area contributed by atoms with Gasteiger partial charge in [0.2, 0.25) is 0 Å². The number of amides is 1. The molecule has 2 heterocycles. The second-order valence-electron chi connectivity index (χ2n) is 6.11. The molecule has 0 fully saturated rings. The molecule has 0 bridgehead atoms. The molecule has 140 valence electrons. The molecule has 6 nitrogen and oxygen atoms in total. The normalized spacial score (nSPS) is 10.8. The second kappa shape index (κ2) is 7.66. The van der Waals surface area contributed by atoms with Crippen molar-refractivity contribution in [3.05, 3.63) is 92.7 Å². The minimum absolute atomic E-state index is 0.312. The minimum Gasteiger partial charge on any atom is -0.497 e. The van der Waals surface area contributed by atoms with Gasteiger partial charge in [-0.15, -0.1) is 11.3 Å². The van der Waals surface area contributed by atoms with E-state index in [2.05, 4.69) is 10.4 Å². The summed E-state index contributed by atoms with van der Waals surface area (Å²) in [7, 11) is 1.54. The number of carbonyl (C=O) groups is 1. The number of para-hydroxylation sites is 1. The molecule has 0 unspecified atom stereocenters. The Labute approximate surface area is 165 Å². The number of fused-ring (bicyclic) bond motifs is 1. The largest absolute Gasteiger partial charge is 0.497 e. The Morgan fingerprint density at radius 3 is 2.79 bits per heavy atom. The van der Waals surface area contributed by atoms with E-state index >= 15 is 0 Å². The zero-order chi connectivity index (χ0) is 19.5. The van der Waals surface area contributed by atoms with Crippen LogP contribution in [0.4, 0.5) is 0 Å². The van der Waals surface area contributed by atoms with E-state index in [9.17, 15) is 9.59 Å². The quantitative estimate of drug-likeness (QED) is 0.566. The molecule has 4 aromatic rings. The van der Waals surface area contributed by atoms with Crippen LogP contribution >= 0.6 is 11.3 Å².